The molecule has 0 saturated heterocycles. The average Bonchev–Trinajstić information content (AvgIpc) is 3.06. The molecule has 3 unspecified atom stereocenters. The SMILES string of the molecule is CCCNC(c1cccc(OC(C)C)c1)C1CC2CC2C1. The van der Waals surface area contributed by atoms with Crippen molar-refractivity contribution in [1.82, 2.24) is 5.32 Å². The molecule has 2 aliphatic rings. The zero-order valence-corrected chi connectivity index (χ0v) is 13.6. The Morgan fingerprint density at radius 2 is 1.95 bits per heavy atom. The van der Waals surface area contributed by atoms with E-state index in [0.29, 0.717) is 6.04 Å². The maximum absolute atomic E-state index is 5.87. The molecule has 0 bridgehead atoms. The Kier molecular flexibility index (Phi) is 4.54. The molecule has 2 nitrogen and oxygen atoms in total. The minimum Gasteiger partial charge on any atom is -0.491 e. The van der Waals surface area contributed by atoms with Crippen molar-refractivity contribution < 1.29 is 4.74 Å². The Labute approximate surface area is 129 Å². The molecule has 0 amide bonds. The fourth-order valence-corrected chi connectivity index (χ4v) is 3.94. The van der Waals surface area contributed by atoms with E-state index in [9.17, 15) is 0 Å². The first-order valence-corrected chi connectivity index (χ1v) is 8.67. The molecule has 2 aliphatic carbocycles. The molecule has 2 heteroatoms. The highest BCUT2D eigenvalue weighted by Crippen LogP contribution is 2.57. The Morgan fingerprint density at radius 3 is 2.62 bits per heavy atom. The van der Waals surface area contributed by atoms with Gasteiger partial charge in [0.2, 0.25) is 0 Å². The van der Waals surface area contributed by atoms with Crippen molar-refractivity contribution in [2.45, 2.75) is 58.6 Å². The van der Waals surface area contributed by atoms with Crippen LogP contribution in [0.25, 0.3) is 0 Å². The van der Waals surface area contributed by atoms with E-state index < -0.39 is 0 Å². The standard InChI is InChI=1S/C19H29NO/c1-4-8-20-19(17-10-15-9-16(15)11-17)14-6-5-7-18(12-14)21-13(2)3/h5-7,12-13,15-17,19-20H,4,8-11H2,1-3H3. The van der Waals surface area contributed by atoms with Gasteiger partial charge in [-0.05, 0) is 81.5 Å². The Hall–Kier alpha value is -1.02. The quantitative estimate of drug-likeness (QED) is 0.793. The van der Waals surface area contributed by atoms with Gasteiger partial charge in [-0.1, -0.05) is 19.1 Å². The molecule has 1 aromatic carbocycles. The van der Waals surface area contributed by atoms with Crippen LogP contribution in [0.4, 0.5) is 0 Å². The van der Waals surface area contributed by atoms with Gasteiger partial charge in [0.25, 0.3) is 0 Å². The predicted molar refractivity (Wildman–Crippen MR) is 87.6 cm³/mol. The third-order valence-corrected chi connectivity index (χ3v) is 4.95. The number of rotatable bonds is 7. The summed E-state index contributed by atoms with van der Waals surface area (Å²) in [6.45, 7) is 7.52. The summed E-state index contributed by atoms with van der Waals surface area (Å²) in [7, 11) is 0. The third-order valence-electron chi connectivity index (χ3n) is 4.95. The van der Waals surface area contributed by atoms with E-state index in [0.717, 1.165) is 30.0 Å². The van der Waals surface area contributed by atoms with Crippen LogP contribution < -0.4 is 10.1 Å². The number of benzene rings is 1. The van der Waals surface area contributed by atoms with Crippen molar-refractivity contribution in [3.63, 3.8) is 0 Å². The Morgan fingerprint density at radius 1 is 1.19 bits per heavy atom. The third kappa shape index (κ3) is 3.60. The van der Waals surface area contributed by atoms with Gasteiger partial charge < -0.3 is 10.1 Å². The van der Waals surface area contributed by atoms with Crippen LogP contribution in [0.2, 0.25) is 0 Å². The molecule has 1 N–H and O–H groups in total. The van der Waals surface area contributed by atoms with Crippen molar-refractivity contribution in [3.05, 3.63) is 29.8 Å². The second-order valence-electron chi connectivity index (χ2n) is 7.16. The Balaban J connectivity index is 1.74. The number of ether oxygens (including phenoxy) is 1. The highest BCUT2D eigenvalue weighted by molar-refractivity contribution is 5.31. The lowest BCUT2D eigenvalue weighted by atomic mass is 9.89. The van der Waals surface area contributed by atoms with Crippen LogP contribution in [-0.2, 0) is 0 Å². The highest BCUT2D eigenvalue weighted by atomic mass is 16.5. The summed E-state index contributed by atoms with van der Waals surface area (Å²) in [5.41, 5.74) is 1.41. The van der Waals surface area contributed by atoms with E-state index in [1.807, 2.05) is 0 Å². The number of hydrogen-bond donors (Lipinski definition) is 1. The van der Waals surface area contributed by atoms with Crippen LogP contribution in [0, 0.1) is 17.8 Å². The van der Waals surface area contributed by atoms with Gasteiger partial charge in [0.15, 0.2) is 0 Å². The summed E-state index contributed by atoms with van der Waals surface area (Å²) < 4.78 is 5.87. The number of hydrogen-bond acceptors (Lipinski definition) is 2. The number of nitrogens with one attached hydrogen (secondary N) is 1. The van der Waals surface area contributed by atoms with E-state index in [-0.39, 0.29) is 6.10 Å². The number of fused-ring (bicyclic) bond motifs is 1. The lowest BCUT2D eigenvalue weighted by Gasteiger charge is -2.27. The van der Waals surface area contributed by atoms with Crippen LogP contribution in [0.3, 0.4) is 0 Å². The van der Waals surface area contributed by atoms with E-state index >= 15 is 0 Å². The zero-order chi connectivity index (χ0) is 14.8. The molecule has 2 saturated carbocycles. The molecule has 0 aromatic heterocycles. The van der Waals surface area contributed by atoms with Gasteiger partial charge in [0.05, 0.1) is 6.10 Å². The lowest BCUT2D eigenvalue weighted by Crippen LogP contribution is -2.28. The van der Waals surface area contributed by atoms with Crippen molar-refractivity contribution >= 4 is 0 Å². The van der Waals surface area contributed by atoms with Gasteiger partial charge in [-0.25, -0.2) is 0 Å². The van der Waals surface area contributed by atoms with Gasteiger partial charge in [-0.3, -0.25) is 0 Å². The zero-order valence-electron chi connectivity index (χ0n) is 13.6. The maximum Gasteiger partial charge on any atom is 0.120 e. The average molecular weight is 287 g/mol. The molecule has 3 rings (SSSR count). The van der Waals surface area contributed by atoms with Crippen molar-refractivity contribution in [2.24, 2.45) is 17.8 Å². The van der Waals surface area contributed by atoms with Crippen molar-refractivity contribution in [1.29, 1.82) is 0 Å². The molecule has 0 heterocycles. The van der Waals surface area contributed by atoms with Crippen molar-refractivity contribution in [2.75, 3.05) is 6.54 Å². The van der Waals surface area contributed by atoms with Gasteiger partial charge in [0, 0.05) is 6.04 Å². The lowest BCUT2D eigenvalue weighted by molar-refractivity contribution is 0.241. The molecule has 1 aromatic rings. The van der Waals surface area contributed by atoms with Crippen molar-refractivity contribution in [3.8, 4) is 5.75 Å². The first kappa shape index (κ1) is 14.9. The van der Waals surface area contributed by atoms with Gasteiger partial charge in [-0.15, -0.1) is 0 Å². The molecular formula is C19H29NO. The monoisotopic (exact) mass is 287 g/mol. The molecule has 0 radical (unpaired) electrons. The summed E-state index contributed by atoms with van der Waals surface area (Å²) in [6, 6.07) is 9.24. The maximum atomic E-state index is 5.87. The largest absolute Gasteiger partial charge is 0.491 e. The van der Waals surface area contributed by atoms with E-state index in [4.69, 9.17) is 4.74 Å². The minimum absolute atomic E-state index is 0.237. The summed E-state index contributed by atoms with van der Waals surface area (Å²) in [4.78, 5) is 0. The summed E-state index contributed by atoms with van der Waals surface area (Å²) in [5, 5.41) is 3.79. The van der Waals surface area contributed by atoms with Crippen LogP contribution in [0.5, 0.6) is 5.75 Å². The van der Waals surface area contributed by atoms with E-state index in [1.54, 1.807) is 0 Å². The minimum atomic E-state index is 0.237. The first-order valence-electron chi connectivity index (χ1n) is 8.67. The van der Waals surface area contributed by atoms with Gasteiger partial charge in [-0.2, -0.15) is 0 Å². The van der Waals surface area contributed by atoms with Crippen LogP contribution >= 0.6 is 0 Å². The molecule has 3 atom stereocenters. The predicted octanol–water partition coefficient (Wildman–Crippen LogP) is 4.56. The van der Waals surface area contributed by atoms with Gasteiger partial charge >= 0.3 is 0 Å². The highest BCUT2D eigenvalue weighted by Gasteiger charge is 2.47. The second-order valence-corrected chi connectivity index (χ2v) is 7.16. The normalized spacial score (nSPS) is 28.5. The smallest absolute Gasteiger partial charge is 0.120 e. The fraction of sp³-hybridized carbons (Fsp3) is 0.684. The molecular weight excluding hydrogens is 258 g/mol. The van der Waals surface area contributed by atoms with Gasteiger partial charge in [0.1, 0.15) is 5.75 Å². The Bertz CT molecular complexity index is 460. The van der Waals surface area contributed by atoms with Crippen LogP contribution in [-0.4, -0.2) is 12.6 Å². The van der Waals surface area contributed by atoms with E-state index in [1.165, 1.54) is 31.2 Å². The molecule has 21 heavy (non-hydrogen) atoms. The summed E-state index contributed by atoms with van der Waals surface area (Å²) >= 11 is 0. The molecule has 116 valence electrons. The molecule has 0 aliphatic heterocycles. The fourth-order valence-electron chi connectivity index (χ4n) is 3.94. The second kappa shape index (κ2) is 6.39. The topological polar surface area (TPSA) is 21.3 Å². The molecule has 0 spiro atoms. The summed E-state index contributed by atoms with van der Waals surface area (Å²) in [5.74, 6) is 3.90. The van der Waals surface area contributed by atoms with Crippen LogP contribution in [0.1, 0.15) is 58.1 Å². The summed E-state index contributed by atoms with van der Waals surface area (Å²) in [6.07, 6.45) is 5.76. The van der Waals surface area contributed by atoms with Crippen LogP contribution in [0.15, 0.2) is 24.3 Å². The van der Waals surface area contributed by atoms with E-state index in [2.05, 4.69) is 50.4 Å². The molecule has 2 fully saturated rings. The first-order chi connectivity index (χ1) is 10.2.